The van der Waals surface area contributed by atoms with Crippen molar-refractivity contribution >= 4 is 43.9 Å². The van der Waals surface area contributed by atoms with Gasteiger partial charge in [-0.05, 0) is 55.5 Å². The average Bonchev–Trinajstić information content (AvgIpc) is 2.91. The van der Waals surface area contributed by atoms with Gasteiger partial charge in [0.2, 0.25) is 0 Å². The third-order valence-electron chi connectivity index (χ3n) is 3.50. The van der Waals surface area contributed by atoms with Crippen molar-refractivity contribution in [2.24, 2.45) is 5.73 Å². The number of thiocarbonyl (C=S) groups is 1. The third kappa shape index (κ3) is 2.93. The fourth-order valence-corrected chi connectivity index (χ4v) is 3.84. The van der Waals surface area contributed by atoms with Crippen molar-refractivity contribution in [3.63, 3.8) is 0 Å². The number of nitrogens with two attached hydrogens (primary N) is 1. The number of hydrogen-bond acceptors (Lipinski definition) is 3. The van der Waals surface area contributed by atoms with Crippen LogP contribution in [0.25, 0.3) is 10.9 Å². The molecule has 0 unspecified atom stereocenters. The maximum absolute atomic E-state index is 12.8. The Kier molecular flexibility index (Phi) is 3.83. The fraction of sp³-hybridized carbons (Fsp3) is 0.0625. The van der Waals surface area contributed by atoms with Crippen LogP contribution in [-0.2, 0) is 10.0 Å². The number of benzene rings is 2. The van der Waals surface area contributed by atoms with Gasteiger partial charge in [-0.3, -0.25) is 0 Å². The van der Waals surface area contributed by atoms with Gasteiger partial charge in [-0.25, -0.2) is 12.4 Å². The van der Waals surface area contributed by atoms with Crippen LogP contribution in [0.15, 0.2) is 59.6 Å². The lowest BCUT2D eigenvalue weighted by Gasteiger charge is -2.09. The van der Waals surface area contributed by atoms with E-state index in [2.05, 4.69) is 5.32 Å². The highest BCUT2D eigenvalue weighted by Crippen LogP contribution is 2.25. The number of rotatable bonds is 3. The minimum Gasteiger partial charge on any atom is -0.376 e. The largest absolute Gasteiger partial charge is 0.376 e. The number of aromatic nitrogens is 1. The van der Waals surface area contributed by atoms with Gasteiger partial charge in [-0.2, -0.15) is 0 Å². The van der Waals surface area contributed by atoms with Crippen LogP contribution in [0.4, 0.5) is 5.69 Å². The molecule has 3 aromatic rings. The van der Waals surface area contributed by atoms with E-state index in [9.17, 15) is 8.42 Å². The summed E-state index contributed by atoms with van der Waals surface area (Å²) < 4.78 is 26.9. The Morgan fingerprint density at radius 2 is 1.83 bits per heavy atom. The first-order chi connectivity index (χ1) is 10.9. The summed E-state index contributed by atoms with van der Waals surface area (Å²) in [6.07, 6.45) is 1.55. The van der Waals surface area contributed by atoms with Gasteiger partial charge in [0.15, 0.2) is 5.11 Å². The lowest BCUT2D eigenvalue weighted by molar-refractivity contribution is 0.589. The zero-order valence-electron chi connectivity index (χ0n) is 12.4. The van der Waals surface area contributed by atoms with Crippen LogP contribution in [-0.4, -0.2) is 17.5 Å². The molecule has 5 nitrogen and oxygen atoms in total. The maximum Gasteiger partial charge on any atom is 0.268 e. The van der Waals surface area contributed by atoms with E-state index in [1.165, 1.54) is 3.97 Å². The Hall–Kier alpha value is -2.38. The smallest absolute Gasteiger partial charge is 0.268 e. The van der Waals surface area contributed by atoms with Crippen molar-refractivity contribution in [3.8, 4) is 0 Å². The van der Waals surface area contributed by atoms with Gasteiger partial charge < -0.3 is 11.1 Å². The van der Waals surface area contributed by atoms with E-state index in [1.54, 1.807) is 54.7 Å². The highest BCUT2D eigenvalue weighted by Gasteiger charge is 2.18. The standard InChI is InChI=1S/C16H15N3O2S2/c1-11-2-5-14(6-3-11)23(20,21)19-9-8-12-10-13(18-16(17)22)4-7-15(12)19/h2-10H,1H3,(H3,17,18,22). The van der Waals surface area contributed by atoms with Crippen LogP contribution < -0.4 is 11.1 Å². The fourth-order valence-electron chi connectivity index (χ4n) is 2.37. The normalized spacial score (nSPS) is 11.5. The van der Waals surface area contributed by atoms with Gasteiger partial charge in [-0.15, -0.1) is 0 Å². The van der Waals surface area contributed by atoms with E-state index in [1.807, 2.05) is 6.92 Å². The molecule has 1 aromatic heterocycles. The number of nitrogens with zero attached hydrogens (tertiary/aromatic N) is 1. The van der Waals surface area contributed by atoms with Crippen LogP contribution in [0, 0.1) is 6.92 Å². The lowest BCUT2D eigenvalue weighted by Crippen LogP contribution is -2.18. The molecule has 0 radical (unpaired) electrons. The Morgan fingerprint density at radius 1 is 1.13 bits per heavy atom. The van der Waals surface area contributed by atoms with Crippen molar-refractivity contribution < 1.29 is 8.42 Å². The monoisotopic (exact) mass is 345 g/mol. The molecule has 3 rings (SSSR count). The van der Waals surface area contributed by atoms with Crippen molar-refractivity contribution in [1.29, 1.82) is 0 Å². The molecule has 2 aromatic carbocycles. The molecular weight excluding hydrogens is 330 g/mol. The molecule has 0 amide bonds. The SMILES string of the molecule is Cc1ccc(S(=O)(=O)n2ccc3cc(NC(N)=S)ccc32)cc1. The van der Waals surface area contributed by atoms with Crippen LogP contribution in [0.5, 0.6) is 0 Å². The molecule has 0 bridgehead atoms. The second-order valence-corrected chi connectivity index (χ2v) is 7.45. The molecule has 0 aliphatic rings. The zero-order chi connectivity index (χ0) is 16.6. The van der Waals surface area contributed by atoms with Gasteiger partial charge in [0.05, 0.1) is 10.4 Å². The van der Waals surface area contributed by atoms with E-state index >= 15 is 0 Å². The number of anilines is 1. The quantitative estimate of drug-likeness (QED) is 0.714. The summed E-state index contributed by atoms with van der Waals surface area (Å²) in [5.74, 6) is 0. The first-order valence-electron chi connectivity index (χ1n) is 6.88. The highest BCUT2D eigenvalue weighted by molar-refractivity contribution is 7.90. The summed E-state index contributed by atoms with van der Waals surface area (Å²) in [7, 11) is -3.63. The first-order valence-corrected chi connectivity index (χ1v) is 8.72. The summed E-state index contributed by atoms with van der Waals surface area (Å²) in [5.41, 5.74) is 7.77. The van der Waals surface area contributed by atoms with E-state index in [0.29, 0.717) is 5.52 Å². The molecule has 0 saturated carbocycles. The van der Waals surface area contributed by atoms with Gasteiger partial charge in [0.1, 0.15) is 0 Å². The Morgan fingerprint density at radius 3 is 2.48 bits per heavy atom. The molecule has 0 aliphatic heterocycles. The molecule has 0 aliphatic carbocycles. The number of hydrogen-bond donors (Lipinski definition) is 2. The van der Waals surface area contributed by atoms with Gasteiger partial charge in [0.25, 0.3) is 10.0 Å². The summed E-state index contributed by atoms with van der Waals surface area (Å²) in [5, 5.41) is 3.78. The minimum absolute atomic E-state index is 0.163. The second-order valence-electron chi connectivity index (χ2n) is 5.19. The predicted molar refractivity (Wildman–Crippen MR) is 96.1 cm³/mol. The molecule has 7 heteroatoms. The summed E-state index contributed by atoms with van der Waals surface area (Å²) in [6.45, 7) is 1.91. The predicted octanol–water partition coefficient (Wildman–Crippen LogP) is 2.84. The average molecular weight is 345 g/mol. The third-order valence-corrected chi connectivity index (χ3v) is 5.31. The number of nitrogens with one attached hydrogen (secondary N) is 1. The molecule has 0 fully saturated rings. The van der Waals surface area contributed by atoms with Crippen LogP contribution in [0.2, 0.25) is 0 Å². The van der Waals surface area contributed by atoms with Crippen LogP contribution in [0.1, 0.15) is 5.56 Å². The van der Waals surface area contributed by atoms with E-state index in [0.717, 1.165) is 16.6 Å². The second kappa shape index (κ2) is 5.68. The number of aryl methyl sites for hydroxylation is 1. The van der Waals surface area contributed by atoms with Gasteiger partial charge >= 0.3 is 0 Å². The molecular formula is C16H15N3O2S2. The van der Waals surface area contributed by atoms with Crippen molar-refractivity contribution in [1.82, 2.24) is 3.97 Å². The number of fused-ring (bicyclic) bond motifs is 1. The Balaban J connectivity index is 2.09. The topological polar surface area (TPSA) is 77.1 Å². The van der Waals surface area contributed by atoms with Crippen LogP contribution in [0.3, 0.4) is 0 Å². The van der Waals surface area contributed by atoms with Crippen molar-refractivity contribution in [2.45, 2.75) is 11.8 Å². The summed E-state index contributed by atoms with van der Waals surface area (Å²) in [4.78, 5) is 0.255. The first kappa shape index (κ1) is 15.5. The van der Waals surface area contributed by atoms with Crippen LogP contribution >= 0.6 is 12.2 Å². The molecule has 0 spiro atoms. The molecule has 118 valence electrons. The lowest BCUT2D eigenvalue weighted by atomic mass is 10.2. The zero-order valence-corrected chi connectivity index (χ0v) is 14.0. The molecule has 23 heavy (non-hydrogen) atoms. The summed E-state index contributed by atoms with van der Waals surface area (Å²) in [6, 6.07) is 13.8. The van der Waals surface area contributed by atoms with Crippen molar-refractivity contribution in [2.75, 3.05) is 5.32 Å². The van der Waals surface area contributed by atoms with Gasteiger partial charge in [0, 0.05) is 17.3 Å². The molecule has 0 atom stereocenters. The van der Waals surface area contributed by atoms with Gasteiger partial charge in [-0.1, -0.05) is 17.7 Å². The van der Waals surface area contributed by atoms with Crippen molar-refractivity contribution in [3.05, 3.63) is 60.3 Å². The molecule has 3 N–H and O–H groups in total. The highest BCUT2D eigenvalue weighted by atomic mass is 32.2. The van der Waals surface area contributed by atoms with E-state index < -0.39 is 10.0 Å². The maximum atomic E-state index is 12.8. The van der Waals surface area contributed by atoms with E-state index in [-0.39, 0.29) is 10.0 Å². The molecule has 0 saturated heterocycles. The Labute approximate surface area is 139 Å². The Bertz CT molecular complexity index is 990. The molecule has 1 heterocycles. The minimum atomic E-state index is -3.63. The summed E-state index contributed by atoms with van der Waals surface area (Å²) >= 11 is 4.80. The van der Waals surface area contributed by atoms with E-state index in [4.69, 9.17) is 18.0 Å².